The largest absolute Gasteiger partial charge is 0.391 e. The standard InChI is InChI=1S/C14H16N2O2/c15-9-12(8-11-4-2-1-3-5-11)14(18)16-7-6-13(17)10-16/h1-5,12-13,17H,6-8,10H2/t12?,13-/m1/s1. The van der Waals surface area contributed by atoms with E-state index in [-0.39, 0.29) is 5.91 Å². The van der Waals surface area contributed by atoms with Crippen LogP contribution in [0.15, 0.2) is 30.3 Å². The minimum atomic E-state index is -0.655. The Labute approximate surface area is 106 Å². The van der Waals surface area contributed by atoms with E-state index in [1.807, 2.05) is 30.3 Å². The number of hydrogen-bond donors (Lipinski definition) is 1. The van der Waals surface area contributed by atoms with Crippen LogP contribution in [0, 0.1) is 17.2 Å². The van der Waals surface area contributed by atoms with Crippen LogP contribution in [-0.4, -0.2) is 35.1 Å². The molecule has 1 aromatic carbocycles. The molecule has 1 unspecified atom stereocenters. The maximum absolute atomic E-state index is 12.1. The van der Waals surface area contributed by atoms with Gasteiger partial charge in [0.25, 0.3) is 0 Å². The number of carbonyl (C=O) groups excluding carboxylic acids is 1. The van der Waals surface area contributed by atoms with Crippen molar-refractivity contribution in [2.45, 2.75) is 18.9 Å². The molecule has 0 radical (unpaired) electrons. The Morgan fingerprint density at radius 1 is 1.50 bits per heavy atom. The Morgan fingerprint density at radius 3 is 2.78 bits per heavy atom. The Balaban J connectivity index is 2.01. The van der Waals surface area contributed by atoms with Gasteiger partial charge in [-0.15, -0.1) is 0 Å². The summed E-state index contributed by atoms with van der Waals surface area (Å²) in [6, 6.07) is 11.6. The predicted octanol–water partition coefficient (Wildman–Crippen LogP) is 0.962. The van der Waals surface area contributed by atoms with Gasteiger partial charge in [0, 0.05) is 13.1 Å². The Morgan fingerprint density at radius 2 is 2.22 bits per heavy atom. The number of β-amino-alcohol motifs (C(OH)–C–C–N with tert-alkyl or cyclic N) is 1. The first-order chi connectivity index (χ1) is 8.70. The Bertz CT molecular complexity index is 453. The lowest BCUT2D eigenvalue weighted by Crippen LogP contribution is -2.35. The van der Waals surface area contributed by atoms with Gasteiger partial charge < -0.3 is 10.0 Å². The second-order valence-electron chi connectivity index (χ2n) is 4.60. The summed E-state index contributed by atoms with van der Waals surface area (Å²) in [6.07, 6.45) is 0.600. The van der Waals surface area contributed by atoms with Crippen molar-refractivity contribution in [3.63, 3.8) is 0 Å². The van der Waals surface area contributed by atoms with Crippen molar-refractivity contribution < 1.29 is 9.90 Å². The van der Waals surface area contributed by atoms with Crippen LogP contribution in [0.3, 0.4) is 0 Å². The van der Waals surface area contributed by atoms with Gasteiger partial charge in [0.15, 0.2) is 0 Å². The molecule has 1 N–H and O–H groups in total. The molecule has 4 heteroatoms. The molecule has 4 nitrogen and oxygen atoms in total. The number of amides is 1. The number of nitriles is 1. The van der Waals surface area contributed by atoms with Gasteiger partial charge in [-0.2, -0.15) is 5.26 Å². The lowest BCUT2D eigenvalue weighted by Gasteiger charge is -2.18. The van der Waals surface area contributed by atoms with E-state index in [9.17, 15) is 9.90 Å². The van der Waals surface area contributed by atoms with Crippen molar-refractivity contribution in [1.82, 2.24) is 4.90 Å². The van der Waals surface area contributed by atoms with Gasteiger partial charge in [-0.25, -0.2) is 0 Å². The molecule has 94 valence electrons. The van der Waals surface area contributed by atoms with Crippen LogP contribution in [0.25, 0.3) is 0 Å². The summed E-state index contributed by atoms with van der Waals surface area (Å²) >= 11 is 0. The summed E-state index contributed by atoms with van der Waals surface area (Å²) in [4.78, 5) is 13.7. The molecular weight excluding hydrogens is 228 g/mol. The fourth-order valence-electron chi connectivity index (χ4n) is 2.20. The summed E-state index contributed by atoms with van der Waals surface area (Å²) in [5.74, 6) is -0.824. The molecular formula is C14H16N2O2. The maximum atomic E-state index is 12.1. The van der Waals surface area contributed by atoms with Crippen LogP contribution in [0.2, 0.25) is 0 Å². The van der Waals surface area contributed by atoms with E-state index in [1.165, 1.54) is 0 Å². The van der Waals surface area contributed by atoms with Gasteiger partial charge in [-0.05, 0) is 18.4 Å². The molecule has 0 aromatic heterocycles. The monoisotopic (exact) mass is 244 g/mol. The Hall–Kier alpha value is -1.86. The molecule has 0 spiro atoms. The molecule has 1 aliphatic rings. The quantitative estimate of drug-likeness (QED) is 0.861. The third-order valence-corrected chi connectivity index (χ3v) is 3.21. The lowest BCUT2D eigenvalue weighted by atomic mass is 9.99. The van der Waals surface area contributed by atoms with Gasteiger partial charge in [0.1, 0.15) is 5.92 Å². The first-order valence-corrected chi connectivity index (χ1v) is 6.11. The molecule has 0 bridgehead atoms. The summed E-state index contributed by atoms with van der Waals surface area (Å²) < 4.78 is 0. The average molecular weight is 244 g/mol. The molecule has 0 saturated carbocycles. The third kappa shape index (κ3) is 2.88. The second kappa shape index (κ2) is 5.65. The molecule has 1 saturated heterocycles. The molecule has 2 atom stereocenters. The number of nitrogens with zero attached hydrogens (tertiary/aromatic N) is 2. The highest BCUT2D eigenvalue weighted by atomic mass is 16.3. The SMILES string of the molecule is N#CC(Cc1ccccc1)C(=O)N1CC[C@@H](O)C1. The van der Waals surface area contributed by atoms with Crippen molar-refractivity contribution >= 4 is 5.91 Å². The van der Waals surface area contributed by atoms with E-state index < -0.39 is 12.0 Å². The van der Waals surface area contributed by atoms with Crippen LogP contribution < -0.4 is 0 Å². The van der Waals surface area contributed by atoms with E-state index in [0.29, 0.717) is 25.9 Å². The van der Waals surface area contributed by atoms with Crippen LogP contribution >= 0.6 is 0 Å². The number of aliphatic hydroxyl groups is 1. The van der Waals surface area contributed by atoms with E-state index in [1.54, 1.807) is 4.90 Å². The van der Waals surface area contributed by atoms with Crippen LogP contribution in [0.4, 0.5) is 0 Å². The van der Waals surface area contributed by atoms with Crippen molar-refractivity contribution in [3.8, 4) is 6.07 Å². The number of benzene rings is 1. The van der Waals surface area contributed by atoms with Gasteiger partial charge in [-0.3, -0.25) is 4.79 Å². The van der Waals surface area contributed by atoms with Gasteiger partial charge in [0.2, 0.25) is 5.91 Å². The van der Waals surface area contributed by atoms with Crippen LogP contribution in [0.5, 0.6) is 0 Å². The lowest BCUT2D eigenvalue weighted by molar-refractivity contribution is -0.133. The zero-order valence-electron chi connectivity index (χ0n) is 10.1. The predicted molar refractivity (Wildman–Crippen MR) is 66.5 cm³/mol. The minimum Gasteiger partial charge on any atom is -0.391 e. The van der Waals surface area contributed by atoms with Gasteiger partial charge in [-0.1, -0.05) is 30.3 Å². The van der Waals surface area contributed by atoms with E-state index in [2.05, 4.69) is 6.07 Å². The maximum Gasteiger partial charge on any atom is 0.240 e. The first-order valence-electron chi connectivity index (χ1n) is 6.11. The van der Waals surface area contributed by atoms with Crippen molar-refractivity contribution in [2.75, 3.05) is 13.1 Å². The van der Waals surface area contributed by atoms with Crippen molar-refractivity contribution in [3.05, 3.63) is 35.9 Å². The summed E-state index contributed by atoms with van der Waals surface area (Å²) in [7, 11) is 0. The summed E-state index contributed by atoms with van der Waals surface area (Å²) in [5.41, 5.74) is 0.983. The zero-order chi connectivity index (χ0) is 13.0. The molecule has 18 heavy (non-hydrogen) atoms. The second-order valence-corrected chi connectivity index (χ2v) is 4.60. The highest BCUT2D eigenvalue weighted by Crippen LogP contribution is 2.16. The first kappa shape index (κ1) is 12.6. The highest BCUT2D eigenvalue weighted by Gasteiger charge is 2.29. The number of likely N-dealkylation sites (tertiary alicyclic amines) is 1. The van der Waals surface area contributed by atoms with E-state index in [0.717, 1.165) is 5.56 Å². The number of carbonyl (C=O) groups is 1. The smallest absolute Gasteiger partial charge is 0.240 e. The van der Waals surface area contributed by atoms with E-state index >= 15 is 0 Å². The topological polar surface area (TPSA) is 64.3 Å². The Kier molecular flexibility index (Phi) is 3.96. The number of hydrogen-bond acceptors (Lipinski definition) is 3. The molecule has 0 aliphatic carbocycles. The minimum absolute atomic E-state index is 0.169. The molecule has 2 rings (SSSR count). The third-order valence-electron chi connectivity index (χ3n) is 3.21. The fraction of sp³-hybridized carbons (Fsp3) is 0.429. The molecule has 1 amide bonds. The summed E-state index contributed by atoms with van der Waals surface area (Å²) in [6.45, 7) is 0.902. The average Bonchev–Trinajstić information content (AvgIpc) is 2.83. The van der Waals surface area contributed by atoms with Crippen molar-refractivity contribution in [1.29, 1.82) is 5.26 Å². The zero-order valence-corrected chi connectivity index (χ0v) is 10.1. The molecule has 1 fully saturated rings. The van der Waals surface area contributed by atoms with Gasteiger partial charge in [0.05, 0.1) is 12.2 Å². The van der Waals surface area contributed by atoms with Crippen LogP contribution in [-0.2, 0) is 11.2 Å². The van der Waals surface area contributed by atoms with E-state index in [4.69, 9.17) is 5.26 Å². The fourth-order valence-corrected chi connectivity index (χ4v) is 2.20. The number of rotatable bonds is 3. The van der Waals surface area contributed by atoms with Gasteiger partial charge >= 0.3 is 0 Å². The normalized spacial score (nSPS) is 20.4. The highest BCUT2D eigenvalue weighted by molar-refractivity contribution is 5.81. The molecule has 1 aromatic rings. The van der Waals surface area contributed by atoms with Crippen LogP contribution in [0.1, 0.15) is 12.0 Å². The molecule has 1 aliphatic heterocycles. The van der Waals surface area contributed by atoms with Crippen molar-refractivity contribution in [2.24, 2.45) is 5.92 Å². The molecule has 1 heterocycles. The summed E-state index contributed by atoms with van der Waals surface area (Å²) in [5, 5.41) is 18.5. The number of aliphatic hydroxyl groups excluding tert-OH is 1.